The molecule has 0 saturated carbocycles. The Morgan fingerprint density at radius 1 is 0.481 bits per heavy atom. The molecule has 0 aliphatic heterocycles. The van der Waals surface area contributed by atoms with Crippen molar-refractivity contribution in [2.45, 2.75) is 172 Å². The highest BCUT2D eigenvalue weighted by Gasteiger charge is 2.73. The Bertz CT molecular complexity index is 1230. The molecule has 0 N–H and O–H groups in total. The Balaban J connectivity index is 5.66. The maximum Gasteiger partial charge on any atom is 0.451 e. The lowest BCUT2D eigenvalue weighted by Crippen LogP contribution is -2.60. The van der Waals surface area contributed by atoms with Crippen molar-refractivity contribution in [3.63, 3.8) is 0 Å². The predicted molar refractivity (Wildman–Crippen MR) is 192 cm³/mol. The lowest BCUT2D eigenvalue weighted by molar-refractivity contribution is -0.538. The molecular weight excluding hydrogens is 821 g/mol. The Kier molecular flexibility index (Phi) is 17.8. The molecule has 6 nitrogen and oxygen atoms in total. The maximum absolute atomic E-state index is 15.1. The lowest BCUT2D eigenvalue weighted by Gasteiger charge is -2.40. The van der Waals surface area contributed by atoms with E-state index < -0.39 is 108 Å². The number of rotatable bonds is 27. The molecule has 0 aliphatic rings. The van der Waals surface area contributed by atoms with Crippen LogP contribution in [0.4, 0.5) is 52.7 Å². The van der Waals surface area contributed by atoms with E-state index in [9.17, 15) is 43.9 Å². The van der Waals surface area contributed by atoms with Crippen LogP contribution < -0.4 is 0 Å². The van der Waals surface area contributed by atoms with E-state index in [1.807, 2.05) is 5.70 Å². The van der Waals surface area contributed by atoms with Gasteiger partial charge in [0.05, 0.1) is 8.07 Å². The minimum absolute atomic E-state index is 0.194. The third kappa shape index (κ3) is 17.4. The van der Waals surface area contributed by atoms with Crippen LogP contribution in [0.2, 0.25) is 70.5 Å². The number of hydrogen-bond donors (Lipinski definition) is 0. The summed E-state index contributed by atoms with van der Waals surface area (Å²) < 4.78 is 202. The summed E-state index contributed by atoms with van der Waals surface area (Å²) in [7, 11) is -9.53. The van der Waals surface area contributed by atoms with Gasteiger partial charge >= 0.3 is 36.1 Å². The molecule has 4 unspecified atom stereocenters. The van der Waals surface area contributed by atoms with E-state index in [1.165, 1.54) is 0 Å². The molecule has 0 heterocycles. The first-order valence-corrected chi connectivity index (χ1v) is 29.7. The van der Waals surface area contributed by atoms with E-state index in [2.05, 4.69) is 45.2 Å². The first-order valence-electron chi connectivity index (χ1n) is 17.2. The van der Waals surface area contributed by atoms with Crippen LogP contribution >= 0.6 is 0 Å². The largest absolute Gasteiger partial charge is 0.453 e. The molecular formula is C32H58F12O6Si4. The zero-order valence-corrected chi connectivity index (χ0v) is 37.2. The quantitative estimate of drug-likeness (QED) is 0.0465. The van der Waals surface area contributed by atoms with Crippen LogP contribution in [-0.4, -0.2) is 87.5 Å². The van der Waals surface area contributed by atoms with Crippen molar-refractivity contribution < 1.29 is 80.2 Å². The zero-order chi connectivity index (χ0) is 43.3. The van der Waals surface area contributed by atoms with Crippen molar-refractivity contribution in [2.75, 3.05) is 6.61 Å². The fourth-order valence-electron chi connectivity index (χ4n) is 4.60. The van der Waals surface area contributed by atoms with Crippen LogP contribution in [0.5, 0.6) is 0 Å². The van der Waals surface area contributed by atoms with Crippen LogP contribution in [0.25, 0.3) is 0 Å². The van der Waals surface area contributed by atoms with Crippen LogP contribution in [0, 0.1) is 0 Å². The van der Waals surface area contributed by atoms with Crippen molar-refractivity contribution in [2.24, 2.45) is 0 Å². The van der Waals surface area contributed by atoms with E-state index in [0.29, 0.717) is 20.3 Å². The third-order valence-corrected chi connectivity index (χ3v) is 20.3. The van der Waals surface area contributed by atoms with Crippen LogP contribution in [0.3, 0.4) is 0 Å². The molecule has 0 bridgehead atoms. The molecule has 0 rings (SSSR count). The summed E-state index contributed by atoms with van der Waals surface area (Å²) in [4.78, 5) is 0. The number of halogens is 12. The van der Waals surface area contributed by atoms with Crippen LogP contribution in [0.1, 0.15) is 53.4 Å². The zero-order valence-electron chi connectivity index (χ0n) is 33.2. The molecule has 322 valence electrons. The van der Waals surface area contributed by atoms with Crippen molar-refractivity contribution in [1.82, 2.24) is 0 Å². The van der Waals surface area contributed by atoms with Crippen molar-refractivity contribution in [3.8, 4) is 0 Å². The molecule has 0 amide bonds. The fourth-order valence-corrected chi connectivity index (χ4v) is 15.3. The Hall–Kier alpha value is -0.732. The van der Waals surface area contributed by atoms with Gasteiger partial charge in [-0.25, -0.2) is 17.6 Å². The molecule has 4 atom stereocenters. The van der Waals surface area contributed by atoms with E-state index in [-0.39, 0.29) is 18.7 Å². The summed E-state index contributed by atoms with van der Waals surface area (Å²) in [5.74, 6) is -17.6. The first-order chi connectivity index (χ1) is 23.5. The van der Waals surface area contributed by atoms with Gasteiger partial charge in [0, 0.05) is 33.3 Å². The summed E-state index contributed by atoms with van der Waals surface area (Å²) in [6.45, 7) is 21.6. The van der Waals surface area contributed by atoms with E-state index in [0.717, 1.165) is 12.5 Å². The first kappa shape index (κ1) is 53.3. The lowest BCUT2D eigenvalue weighted by atomic mass is 10.2. The average molecular weight is 879 g/mol. The summed E-state index contributed by atoms with van der Waals surface area (Å²) >= 11 is 0. The molecule has 54 heavy (non-hydrogen) atoms. The van der Waals surface area contributed by atoms with Gasteiger partial charge in [-0.2, -0.15) is 35.1 Å². The number of hydrogen-bond acceptors (Lipinski definition) is 6. The number of unbranched alkanes of at least 4 members (excludes halogenated alkanes) is 1. The monoisotopic (exact) mass is 878 g/mol. The van der Waals surface area contributed by atoms with Gasteiger partial charge < -0.3 is 8.54 Å². The molecule has 0 aliphatic carbocycles. The van der Waals surface area contributed by atoms with Crippen molar-refractivity contribution >= 4 is 33.0 Å². The second kappa shape index (κ2) is 18.0. The SMILES string of the molecule is C=C[Si](C)(C)CCCCO[Si](C)(C)CCC(C)(F)OC(F)(F)C(C)(F)OC(F)(F)C(F)(F)OC(C)(F)C(F)(F)OC(C)(F)CC[Si](C)(C)O[Si](C)(C)C=C. The van der Waals surface area contributed by atoms with Crippen LogP contribution in [-0.2, 0) is 27.5 Å². The topological polar surface area (TPSA) is 55.4 Å². The summed E-state index contributed by atoms with van der Waals surface area (Å²) in [5, 5.41) is 0. The Morgan fingerprint density at radius 3 is 1.20 bits per heavy atom. The van der Waals surface area contributed by atoms with E-state index in [1.54, 1.807) is 45.0 Å². The van der Waals surface area contributed by atoms with Crippen molar-refractivity contribution in [3.05, 3.63) is 24.6 Å². The van der Waals surface area contributed by atoms with Gasteiger partial charge in [0.15, 0.2) is 25.0 Å². The molecule has 0 aromatic rings. The highest BCUT2D eigenvalue weighted by atomic mass is 28.4. The molecule has 0 aromatic carbocycles. The molecule has 22 heteroatoms. The van der Waals surface area contributed by atoms with E-state index >= 15 is 8.78 Å². The van der Waals surface area contributed by atoms with Gasteiger partial charge in [0.1, 0.15) is 0 Å². The minimum Gasteiger partial charge on any atom is -0.453 e. The highest BCUT2D eigenvalue weighted by Crippen LogP contribution is 2.50. The third-order valence-electron chi connectivity index (χ3n) is 8.34. The minimum atomic E-state index is -6.65. The normalized spacial score (nSPS) is 19.0. The fraction of sp³-hybridized carbons (Fsp3) is 0.875. The molecule has 0 radical (unpaired) electrons. The van der Waals surface area contributed by atoms with Gasteiger partial charge in [-0.1, -0.05) is 31.3 Å². The number of alkyl halides is 12. The maximum atomic E-state index is 15.1. The average Bonchev–Trinajstić information content (AvgIpc) is 2.92. The molecule has 0 spiro atoms. The van der Waals surface area contributed by atoms with E-state index in [4.69, 9.17) is 8.54 Å². The van der Waals surface area contributed by atoms with Gasteiger partial charge in [0.25, 0.3) is 0 Å². The van der Waals surface area contributed by atoms with Gasteiger partial charge in [0.2, 0.25) is 11.7 Å². The summed E-state index contributed by atoms with van der Waals surface area (Å²) in [6, 6.07) is 0.522. The number of ether oxygens (including phenoxy) is 4. The molecule has 0 saturated heterocycles. The Morgan fingerprint density at radius 2 is 0.852 bits per heavy atom. The van der Waals surface area contributed by atoms with Crippen molar-refractivity contribution in [1.29, 1.82) is 0 Å². The second-order valence-electron chi connectivity index (χ2n) is 16.4. The second-order valence-corrected chi connectivity index (χ2v) is 34.1. The highest BCUT2D eigenvalue weighted by molar-refractivity contribution is 6.87. The Labute approximate surface area is 315 Å². The van der Waals surface area contributed by atoms with Gasteiger partial charge in [-0.15, -0.1) is 18.9 Å². The summed E-state index contributed by atoms with van der Waals surface area (Å²) in [6.07, 6.45) is -25.1. The molecule has 0 aromatic heterocycles. The summed E-state index contributed by atoms with van der Waals surface area (Å²) in [5.41, 5.74) is 3.50. The van der Waals surface area contributed by atoms with Gasteiger partial charge in [-0.05, 0) is 71.6 Å². The molecule has 0 fully saturated rings. The predicted octanol–water partition coefficient (Wildman–Crippen LogP) is 12.5. The van der Waals surface area contributed by atoms with Crippen LogP contribution in [0.15, 0.2) is 24.6 Å². The standard InChI is InChI=1S/C32H58F12O6Si4/c1-15-51(7,8)22-18-17-21-45-53(11,12)23-19-25(3,33)46-29(37,38)27(5,35)48-31(41,42)32(43,44)49-28(6,36)30(39,40)47-26(4,34)20-24-54(13,14)50-52(9,10)16-2/h15-16H,1-2,17-24H2,3-14H3. The van der Waals surface area contributed by atoms with Gasteiger partial charge in [-0.3, -0.25) is 18.9 Å². The smallest absolute Gasteiger partial charge is 0.451 e.